The first kappa shape index (κ1) is 6.22. The van der Waals surface area contributed by atoms with Crippen molar-refractivity contribution in [1.82, 2.24) is 0 Å². The maximum atomic E-state index is 11.4. The number of Topliss-reactive ketones (excluding diaryl/α,β-unsaturated/α-hetero) is 1. The Bertz CT molecular complexity index is 221. The van der Waals surface area contributed by atoms with Gasteiger partial charge in [-0.25, -0.2) is 0 Å². The van der Waals surface area contributed by atoms with Crippen LogP contribution in [0.5, 0.6) is 0 Å². The van der Waals surface area contributed by atoms with Crippen molar-refractivity contribution in [3.63, 3.8) is 0 Å². The van der Waals surface area contributed by atoms with Crippen LogP contribution < -0.4 is 0 Å². The van der Waals surface area contributed by atoms with E-state index >= 15 is 0 Å². The first-order valence-electron chi connectivity index (χ1n) is 4.85. The average molecular weight is 150 g/mol. The predicted molar refractivity (Wildman–Crippen MR) is 42.1 cm³/mol. The number of carbonyl (C=O) groups excluding carboxylic acids is 1. The molecule has 0 heterocycles. The highest BCUT2D eigenvalue weighted by atomic mass is 16.1. The van der Waals surface area contributed by atoms with Crippen molar-refractivity contribution in [3.8, 4) is 0 Å². The highest BCUT2D eigenvalue weighted by Gasteiger charge is 2.63. The highest BCUT2D eigenvalue weighted by Crippen LogP contribution is 2.66. The molecule has 1 heteroatoms. The fourth-order valence-electron chi connectivity index (χ4n) is 3.74. The summed E-state index contributed by atoms with van der Waals surface area (Å²) in [5.74, 6) is 1.95. The molecule has 4 aliphatic rings. The van der Waals surface area contributed by atoms with Crippen LogP contribution in [-0.2, 0) is 4.79 Å². The topological polar surface area (TPSA) is 17.1 Å². The third kappa shape index (κ3) is 0.567. The zero-order chi connectivity index (χ0) is 7.47. The fourth-order valence-corrected chi connectivity index (χ4v) is 3.74. The van der Waals surface area contributed by atoms with Crippen LogP contribution in [0.4, 0.5) is 0 Å². The summed E-state index contributed by atoms with van der Waals surface area (Å²) in [6.07, 6.45) is 7.70. The van der Waals surface area contributed by atoms with E-state index in [-0.39, 0.29) is 0 Å². The molecule has 0 amide bonds. The lowest BCUT2D eigenvalue weighted by Crippen LogP contribution is -2.42. The van der Waals surface area contributed by atoms with E-state index in [4.69, 9.17) is 0 Å². The van der Waals surface area contributed by atoms with E-state index in [1.54, 1.807) is 0 Å². The van der Waals surface area contributed by atoms with Gasteiger partial charge in [-0.1, -0.05) is 12.8 Å². The lowest BCUT2D eigenvalue weighted by molar-refractivity contribution is -0.122. The number of carbonyl (C=O) groups is 1. The van der Waals surface area contributed by atoms with Crippen LogP contribution >= 0.6 is 0 Å². The Kier molecular flexibility index (Phi) is 0.961. The molecule has 4 fully saturated rings. The van der Waals surface area contributed by atoms with Crippen molar-refractivity contribution in [3.05, 3.63) is 0 Å². The molecule has 0 aromatic carbocycles. The van der Waals surface area contributed by atoms with Crippen molar-refractivity contribution in [2.24, 2.45) is 17.3 Å². The van der Waals surface area contributed by atoms with Gasteiger partial charge in [-0.05, 0) is 30.6 Å². The lowest BCUT2D eigenvalue weighted by Gasteiger charge is -2.49. The molecule has 0 saturated heterocycles. The fraction of sp³-hybridized carbons (Fsp3) is 0.900. The van der Waals surface area contributed by atoms with E-state index in [1.807, 2.05) is 0 Å². The molecule has 0 aliphatic heterocycles. The highest BCUT2D eigenvalue weighted by molar-refractivity contribution is 5.88. The average Bonchev–Trinajstić information content (AvgIpc) is 2.38. The van der Waals surface area contributed by atoms with Crippen molar-refractivity contribution >= 4 is 5.78 Å². The van der Waals surface area contributed by atoms with Gasteiger partial charge >= 0.3 is 0 Å². The number of rotatable bonds is 0. The third-order valence-corrected chi connectivity index (χ3v) is 4.28. The first-order valence-corrected chi connectivity index (χ1v) is 4.85. The normalized spacial score (nSPS) is 53.6. The van der Waals surface area contributed by atoms with Gasteiger partial charge in [0.05, 0.1) is 0 Å². The first-order chi connectivity index (χ1) is 5.32. The minimum atomic E-state index is 0.523. The minimum Gasteiger partial charge on any atom is -0.299 e. The molecule has 4 aliphatic carbocycles. The standard InChI is InChI=1S/C10H14O/c11-9-6-10-4-2-1-3-8(10)7(9)5-10/h7-8H,1-6H2/t7-,8-,10-/m0/s1. The van der Waals surface area contributed by atoms with Crippen molar-refractivity contribution in [1.29, 1.82) is 0 Å². The van der Waals surface area contributed by atoms with Gasteiger partial charge in [0.1, 0.15) is 5.78 Å². The molecule has 4 rings (SSSR count). The zero-order valence-electron chi connectivity index (χ0n) is 6.81. The second-order valence-electron chi connectivity index (χ2n) is 4.67. The van der Waals surface area contributed by atoms with E-state index in [1.165, 1.54) is 32.1 Å². The minimum absolute atomic E-state index is 0.523. The molecule has 0 aromatic rings. The number of fused-ring (bicyclic) bond motifs is 1. The Morgan fingerprint density at radius 2 is 2.27 bits per heavy atom. The summed E-state index contributed by atoms with van der Waals surface area (Å²) in [5, 5.41) is 0. The van der Waals surface area contributed by atoms with Crippen molar-refractivity contribution in [2.75, 3.05) is 0 Å². The molecule has 60 valence electrons. The summed E-state index contributed by atoms with van der Waals surface area (Å²) in [7, 11) is 0. The zero-order valence-corrected chi connectivity index (χ0v) is 6.81. The van der Waals surface area contributed by atoms with Crippen LogP contribution in [0.15, 0.2) is 0 Å². The van der Waals surface area contributed by atoms with Crippen molar-refractivity contribution < 1.29 is 4.79 Å². The molecule has 0 unspecified atom stereocenters. The van der Waals surface area contributed by atoms with E-state index in [2.05, 4.69) is 0 Å². The molecular weight excluding hydrogens is 136 g/mol. The Morgan fingerprint density at radius 3 is 3.00 bits per heavy atom. The molecule has 1 spiro atoms. The van der Waals surface area contributed by atoms with Crippen LogP contribution in [0.1, 0.15) is 38.5 Å². The van der Waals surface area contributed by atoms with Gasteiger partial charge in [-0.2, -0.15) is 0 Å². The smallest absolute Gasteiger partial charge is 0.136 e. The molecular formula is C10H14O. The summed E-state index contributed by atoms with van der Waals surface area (Å²) in [4.78, 5) is 11.4. The van der Waals surface area contributed by atoms with Crippen LogP contribution in [0, 0.1) is 17.3 Å². The summed E-state index contributed by atoms with van der Waals surface area (Å²) in [6, 6.07) is 0. The van der Waals surface area contributed by atoms with Crippen LogP contribution in [0.25, 0.3) is 0 Å². The molecule has 2 bridgehead atoms. The third-order valence-electron chi connectivity index (χ3n) is 4.28. The summed E-state index contributed by atoms with van der Waals surface area (Å²) in [5.41, 5.74) is 0.556. The summed E-state index contributed by atoms with van der Waals surface area (Å²) >= 11 is 0. The lowest BCUT2D eigenvalue weighted by atomic mass is 9.54. The van der Waals surface area contributed by atoms with Crippen molar-refractivity contribution in [2.45, 2.75) is 38.5 Å². The summed E-state index contributed by atoms with van der Waals surface area (Å²) < 4.78 is 0. The second-order valence-corrected chi connectivity index (χ2v) is 4.67. The van der Waals surface area contributed by atoms with E-state index in [9.17, 15) is 4.79 Å². The maximum Gasteiger partial charge on any atom is 0.136 e. The van der Waals surface area contributed by atoms with Crippen LogP contribution in [0.3, 0.4) is 0 Å². The Morgan fingerprint density at radius 1 is 1.36 bits per heavy atom. The van der Waals surface area contributed by atoms with Crippen LogP contribution in [-0.4, -0.2) is 5.78 Å². The second kappa shape index (κ2) is 1.70. The molecule has 3 atom stereocenters. The quantitative estimate of drug-likeness (QED) is 0.517. The van der Waals surface area contributed by atoms with E-state index in [0.29, 0.717) is 17.1 Å². The molecule has 0 N–H and O–H groups in total. The SMILES string of the molecule is O=C1C[C@@]23CCCC[C@H]2[C@@H]1C3. The number of ketones is 1. The van der Waals surface area contributed by atoms with Gasteiger partial charge < -0.3 is 0 Å². The Balaban J connectivity index is 1.95. The molecule has 4 saturated carbocycles. The van der Waals surface area contributed by atoms with E-state index in [0.717, 1.165) is 12.3 Å². The van der Waals surface area contributed by atoms with Gasteiger partial charge in [-0.3, -0.25) is 4.79 Å². The molecule has 0 aromatic heterocycles. The maximum absolute atomic E-state index is 11.4. The van der Waals surface area contributed by atoms with Crippen LogP contribution in [0.2, 0.25) is 0 Å². The van der Waals surface area contributed by atoms with Gasteiger partial charge in [-0.15, -0.1) is 0 Å². The Hall–Kier alpha value is -0.330. The van der Waals surface area contributed by atoms with Gasteiger partial charge in [0, 0.05) is 12.3 Å². The van der Waals surface area contributed by atoms with E-state index < -0.39 is 0 Å². The molecule has 1 nitrogen and oxygen atoms in total. The number of hydrogen-bond donors (Lipinski definition) is 0. The Labute approximate surface area is 67.2 Å². The molecule has 11 heavy (non-hydrogen) atoms. The number of hydrogen-bond acceptors (Lipinski definition) is 1. The monoisotopic (exact) mass is 150 g/mol. The largest absolute Gasteiger partial charge is 0.299 e. The van der Waals surface area contributed by atoms with Gasteiger partial charge in [0.2, 0.25) is 0 Å². The van der Waals surface area contributed by atoms with Gasteiger partial charge in [0.15, 0.2) is 0 Å². The predicted octanol–water partition coefficient (Wildman–Crippen LogP) is 2.16. The van der Waals surface area contributed by atoms with Gasteiger partial charge in [0.25, 0.3) is 0 Å². The summed E-state index contributed by atoms with van der Waals surface area (Å²) in [6.45, 7) is 0. The molecule has 0 radical (unpaired) electrons.